The number of β-amino-alcohol motifs (C(OH)–C–C–N with tert-alkyl or cyclic N) is 1. The first-order valence-corrected chi connectivity index (χ1v) is 8.96. The number of hydrogen-bond donors (Lipinski definition) is 1. The monoisotopic (exact) mass is 358 g/mol. The number of aryl methyl sites for hydroxylation is 2. The Morgan fingerprint density at radius 3 is 2.77 bits per heavy atom. The number of carbonyl (C=O) groups is 1. The van der Waals surface area contributed by atoms with Gasteiger partial charge in [0, 0.05) is 38.2 Å². The van der Waals surface area contributed by atoms with E-state index in [1.165, 1.54) is 0 Å². The van der Waals surface area contributed by atoms with Crippen LogP contribution in [0, 0.1) is 6.92 Å². The molecule has 0 bridgehead atoms. The van der Waals surface area contributed by atoms with E-state index in [-0.39, 0.29) is 12.5 Å². The molecule has 0 spiro atoms. The van der Waals surface area contributed by atoms with Gasteiger partial charge in [-0.05, 0) is 38.8 Å². The molecule has 1 amide bonds. The van der Waals surface area contributed by atoms with Gasteiger partial charge in [-0.3, -0.25) is 9.48 Å². The van der Waals surface area contributed by atoms with E-state index in [9.17, 15) is 9.90 Å². The number of aromatic nitrogens is 4. The van der Waals surface area contributed by atoms with Crippen LogP contribution in [-0.4, -0.2) is 67.9 Å². The lowest BCUT2D eigenvalue weighted by molar-refractivity contribution is -0.000459. The summed E-state index contributed by atoms with van der Waals surface area (Å²) in [6, 6.07) is 3.56. The SMILES string of the molecule is CCn1nc(C(=O)N(C)C[C@]2(O)CCCN(c3ncccn3)C2)cc1C. The molecule has 1 N–H and O–H groups in total. The van der Waals surface area contributed by atoms with Crippen molar-refractivity contribution >= 4 is 11.9 Å². The number of anilines is 1. The Morgan fingerprint density at radius 1 is 1.38 bits per heavy atom. The second kappa shape index (κ2) is 7.41. The fourth-order valence-electron chi connectivity index (χ4n) is 3.51. The van der Waals surface area contributed by atoms with E-state index in [1.54, 1.807) is 41.2 Å². The summed E-state index contributed by atoms with van der Waals surface area (Å²) in [6.07, 6.45) is 4.84. The number of aliphatic hydroxyl groups is 1. The summed E-state index contributed by atoms with van der Waals surface area (Å²) in [5.41, 5.74) is 0.368. The van der Waals surface area contributed by atoms with Crippen molar-refractivity contribution in [3.63, 3.8) is 0 Å². The molecule has 1 saturated heterocycles. The standard InChI is InChI=1S/C18H26N6O2/c1-4-24-14(2)11-15(21-24)16(25)22(3)12-18(26)7-5-10-23(13-18)17-19-8-6-9-20-17/h6,8-9,11,26H,4-5,7,10,12-13H2,1-3H3/t18-/m1/s1. The summed E-state index contributed by atoms with van der Waals surface area (Å²) in [5.74, 6) is 0.429. The number of carbonyl (C=O) groups excluding carboxylic acids is 1. The van der Waals surface area contributed by atoms with Gasteiger partial charge in [-0.2, -0.15) is 5.10 Å². The minimum absolute atomic E-state index is 0.179. The van der Waals surface area contributed by atoms with Gasteiger partial charge < -0.3 is 14.9 Å². The van der Waals surface area contributed by atoms with E-state index in [0.29, 0.717) is 24.6 Å². The highest BCUT2D eigenvalue weighted by molar-refractivity contribution is 5.92. The number of nitrogens with zero attached hydrogens (tertiary/aromatic N) is 6. The number of amides is 1. The summed E-state index contributed by atoms with van der Waals surface area (Å²) in [5, 5.41) is 15.4. The Bertz CT molecular complexity index is 762. The minimum atomic E-state index is -0.996. The van der Waals surface area contributed by atoms with Crippen LogP contribution in [0.15, 0.2) is 24.5 Å². The summed E-state index contributed by atoms with van der Waals surface area (Å²) < 4.78 is 1.80. The van der Waals surface area contributed by atoms with E-state index in [1.807, 2.05) is 18.7 Å². The van der Waals surface area contributed by atoms with Crippen molar-refractivity contribution in [1.29, 1.82) is 0 Å². The highest BCUT2D eigenvalue weighted by Gasteiger charge is 2.36. The van der Waals surface area contributed by atoms with Crippen LogP contribution >= 0.6 is 0 Å². The fraction of sp³-hybridized carbons (Fsp3) is 0.556. The normalized spacial score (nSPS) is 20.2. The molecule has 1 fully saturated rings. The second-order valence-corrected chi connectivity index (χ2v) is 6.95. The highest BCUT2D eigenvalue weighted by atomic mass is 16.3. The Kier molecular flexibility index (Phi) is 5.22. The quantitative estimate of drug-likeness (QED) is 0.861. The molecular formula is C18H26N6O2. The van der Waals surface area contributed by atoms with Crippen molar-refractivity contribution < 1.29 is 9.90 Å². The maximum Gasteiger partial charge on any atom is 0.274 e. The summed E-state index contributed by atoms with van der Waals surface area (Å²) in [4.78, 5) is 24.7. The zero-order chi connectivity index (χ0) is 18.7. The van der Waals surface area contributed by atoms with Gasteiger partial charge >= 0.3 is 0 Å². The van der Waals surface area contributed by atoms with Gasteiger partial charge in [0.05, 0.1) is 18.7 Å². The van der Waals surface area contributed by atoms with Crippen LogP contribution in [0.3, 0.4) is 0 Å². The zero-order valence-corrected chi connectivity index (χ0v) is 15.6. The first kappa shape index (κ1) is 18.3. The molecule has 0 unspecified atom stereocenters. The van der Waals surface area contributed by atoms with Crippen LogP contribution in [0.5, 0.6) is 0 Å². The molecule has 8 nitrogen and oxygen atoms in total. The van der Waals surface area contributed by atoms with E-state index in [2.05, 4.69) is 15.1 Å². The molecule has 0 aliphatic carbocycles. The van der Waals surface area contributed by atoms with Gasteiger partial charge in [0.25, 0.3) is 5.91 Å². The maximum atomic E-state index is 12.7. The van der Waals surface area contributed by atoms with Crippen LogP contribution in [0.4, 0.5) is 5.95 Å². The third-order valence-electron chi connectivity index (χ3n) is 4.77. The maximum absolute atomic E-state index is 12.7. The number of likely N-dealkylation sites (N-methyl/N-ethyl adjacent to an activating group) is 1. The van der Waals surface area contributed by atoms with Crippen LogP contribution in [-0.2, 0) is 6.54 Å². The first-order chi connectivity index (χ1) is 12.4. The van der Waals surface area contributed by atoms with Gasteiger partial charge in [0.15, 0.2) is 5.69 Å². The molecule has 0 aromatic carbocycles. The molecule has 26 heavy (non-hydrogen) atoms. The first-order valence-electron chi connectivity index (χ1n) is 8.96. The Labute approximate surface area is 153 Å². The Balaban J connectivity index is 1.68. The van der Waals surface area contributed by atoms with Gasteiger partial charge in [0.2, 0.25) is 5.95 Å². The van der Waals surface area contributed by atoms with Crippen molar-refractivity contribution in [3.8, 4) is 0 Å². The molecular weight excluding hydrogens is 332 g/mol. The summed E-state index contributed by atoms with van der Waals surface area (Å²) >= 11 is 0. The lowest BCUT2D eigenvalue weighted by Crippen LogP contribution is -2.55. The molecule has 3 rings (SSSR count). The number of hydrogen-bond acceptors (Lipinski definition) is 6. The van der Waals surface area contributed by atoms with Crippen molar-refractivity contribution in [2.45, 2.75) is 38.8 Å². The van der Waals surface area contributed by atoms with Gasteiger partial charge in [-0.1, -0.05) is 0 Å². The van der Waals surface area contributed by atoms with Crippen LogP contribution in [0.25, 0.3) is 0 Å². The van der Waals surface area contributed by atoms with Crippen LogP contribution < -0.4 is 4.90 Å². The van der Waals surface area contributed by atoms with Crippen LogP contribution in [0.1, 0.15) is 35.9 Å². The molecule has 140 valence electrons. The second-order valence-electron chi connectivity index (χ2n) is 6.95. The third-order valence-corrected chi connectivity index (χ3v) is 4.77. The largest absolute Gasteiger partial charge is 0.386 e. The molecule has 3 heterocycles. The topological polar surface area (TPSA) is 87.4 Å². The van der Waals surface area contributed by atoms with Crippen molar-refractivity contribution in [3.05, 3.63) is 35.9 Å². The van der Waals surface area contributed by atoms with Gasteiger partial charge in [-0.25, -0.2) is 9.97 Å². The van der Waals surface area contributed by atoms with E-state index < -0.39 is 5.60 Å². The van der Waals surface area contributed by atoms with Crippen LogP contribution in [0.2, 0.25) is 0 Å². The zero-order valence-electron chi connectivity index (χ0n) is 15.6. The molecule has 1 atom stereocenters. The third kappa shape index (κ3) is 3.85. The summed E-state index contributed by atoms with van der Waals surface area (Å²) in [6.45, 7) is 6.08. The van der Waals surface area contributed by atoms with E-state index in [4.69, 9.17) is 0 Å². The van der Waals surface area contributed by atoms with Crippen molar-refractivity contribution in [2.75, 3.05) is 31.6 Å². The van der Waals surface area contributed by atoms with E-state index >= 15 is 0 Å². The molecule has 1 aliphatic heterocycles. The number of rotatable bonds is 5. The molecule has 2 aromatic heterocycles. The smallest absolute Gasteiger partial charge is 0.274 e. The minimum Gasteiger partial charge on any atom is -0.386 e. The van der Waals surface area contributed by atoms with Crippen molar-refractivity contribution in [2.24, 2.45) is 0 Å². The molecule has 0 radical (unpaired) electrons. The fourth-order valence-corrected chi connectivity index (χ4v) is 3.51. The lowest BCUT2D eigenvalue weighted by Gasteiger charge is -2.41. The molecule has 2 aromatic rings. The predicted molar refractivity (Wildman–Crippen MR) is 98.0 cm³/mol. The predicted octanol–water partition coefficient (Wildman–Crippen LogP) is 1.10. The Hall–Kier alpha value is -2.48. The highest BCUT2D eigenvalue weighted by Crippen LogP contribution is 2.25. The number of piperidine rings is 1. The molecule has 0 saturated carbocycles. The average molecular weight is 358 g/mol. The average Bonchev–Trinajstić information content (AvgIpc) is 3.02. The Morgan fingerprint density at radius 2 is 2.12 bits per heavy atom. The summed E-state index contributed by atoms with van der Waals surface area (Å²) in [7, 11) is 1.71. The van der Waals surface area contributed by atoms with Gasteiger partial charge in [-0.15, -0.1) is 0 Å². The van der Waals surface area contributed by atoms with E-state index in [0.717, 1.165) is 25.2 Å². The van der Waals surface area contributed by atoms with Gasteiger partial charge in [0.1, 0.15) is 0 Å². The van der Waals surface area contributed by atoms with Crippen molar-refractivity contribution in [1.82, 2.24) is 24.6 Å². The lowest BCUT2D eigenvalue weighted by atomic mass is 9.92. The molecule has 1 aliphatic rings. The molecule has 8 heteroatoms.